The van der Waals surface area contributed by atoms with Gasteiger partial charge in [0.2, 0.25) is 0 Å². The SMILES string of the molecule is CN1CCCN(C(CNC(C)(C)C)c2ccccc2)CC1. The van der Waals surface area contributed by atoms with Gasteiger partial charge in [-0.15, -0.1) is 0 Å². The van der Waals surface area contributed by atoms with E-state index in [0.717, 1.165) is 13.1 Å². The van der Waals surface area contributed by atoms with Crippen LogP contribution in [0, 0.1) is 0 Å². The summed E-state index contributed by atoms with van der Waals surface area (Å²) in [6, 6.07) is 11.4. The van der Waals surface area contributed by atoms with E-state index in [0.29, 0.717) is 6.04 Å². The second-order valence-corrected chi connectivity index (χ2v) is 7.25. The average Bonchev–Trinajstić information content (AvgIpc) is 2.64. The number of likely N-dealkylation sites (N-methyl/N-ethyl adjacent to an activating group) is 1. The molecule has 1 aliphatic rings. The van der Waals surface area contributed by atoms with Gasteiger partial charge in [-0.05, 0) is 46.3 Å². The molecule has 3 heteroatoms. The van der Waals surface area contributed by atoms with Crippen molar-refractivity contribution < 1.29 is 0 Å². The van der Waals surface area contributed by atoms with E-state index in [1.165, 1.54) is 31.6 Å². The topological polar surface area (TPSA) is 18.5 Å². The molecule has 21 heavy (non-hydrogen) atoms. The molecular formula is C18H31N3. The van der Waals surface area contributed by atoms with Gasteiger partial charge in [0.25, 0.3) is 0 Å². The Morgan fingerprint density at radius 3 is 2.43 bits per heavy atom. The van der Waals surface area contributed by atoms with Gasteiger partial charge in [-0.2, -0.15) is 0 Å². The zero-order chi connectivity index (χ0) is 15.3. The van der Waals surface area contributed by atoms with Crippen LogP contribution < -0.4 is 5.32 Å². The molecule has 0 saturated carbocycles. The normalized spacial score (nSPS) is 20.2. The Hall–Kier alpha value is -0.900. The molecule has 0 spiro atoms. The zero-order valence-corrected chi connectivity index (χ0v) is 14.1. The van der Waals surface area contributed by atoms with Crippen molar-refractivity contribution in [2.24, 2.45) is 0 Å². The lowest BCUT2D eigenvalue weighted by Gasteiger charge is -2.34. The third-order valence-electron chi connectivity index (χ3n) is 4.20. The molecule has 1 saturated heterocycles. The van der Waals surface area contributed by atoms with Crippen molar-refractivity contribution in [1.29, 1.82) is 0 Å². The lowest BCUT2D eigenvalue weighted by molar-refractivity contribution is 0.189. The number of benzene rings is 1. The Balaban J connectivity index is 2.11. The minimum atomic E-state index is 0.162. The van der Waals surface area contributed by atoms with Crippen LogP contribution in [0.3, 0.4) is 0 Å². The quantitative estimate of drug-likeness (QED) is 0.919. The highest BCUT2D eigenvalue weighted by Crippen LogP contribution is 2.22. The van der Waals surface area contributed by atoms with Crippen LogP contribution in [0.1, 0.15) is 38.8 Å². The lowest BCUT2D eigenvalue weighted by Crippen LogP contribution is -2.44. The van der Waals surface area contributed by atoms with Gasteiger partial charge < -0.3 is 10.2 Å². The maximum Gasteiger partial charge on any atom is 0.0473 e. The predicted octanol–water partition coefficient (Wildman–Crippen LogP) is 2.75. The smallest absolute Gasteiger partial charge is 0.0473 e. The summed E-state index contributed by atoms with van der Waals surface area (Å²) in [7, 11) is 2.23. The standard InChI is InChI=1S/C18H31N3/c1-18(2,3)19-15-17(16-9-6-5-7-10-16)21-12-8-11-20(4)13-14-21/h5-7,9-10,17,19H,8,11-15H2,1-4H3. The van der Waals surface area contributed by atoms with Crippen LogP contribution in [0.5, 0.6) is 0 Å². The van der Waals surface area contributed by atoms with Crippen molar-refractivity contribution >= 4 is 0 Å². The fourth-order valence-corrected chi connectivity index (χ4v) is 2.91. The second-order valence-electron chi connectivity index (χ2n) is 7.25. The van der Waals surface area contributed by atoms with Crippen molar-refractivity contribution in [2.75, 3.05) is 39.8 Å². The van der Waals surface area contributed by atoms with E-state index in [2.05, 4.69) is 73.3 Å². The first-order valence-corrected chi connectivity index (χ1v) is 8.18. The van der Waals surface area contributed by atoms with Crippen LogP contribution in [-0.2, 0) is 0 Å². The molecular weight excluding hydrogens is 258 g/mol. The van der Waals surface area contributed by atoms with Crippen molar-refractivity contribution in [3.05, 3.63) is 35.9 Å². The van der Waals surface area contributed by atoms with Crippen LogP contribution >= 0.6 is 0 Å². The third kappa shape index (κ3) is 5.42. The fraction of sp³-hybridized carbons (Fsp3) is 0.667. The summed E-state index contributed by atoms with van der Waals surface area (Å²) in [6.07, 6.45) is 1.26. The van der Waals surface area contributed by atoms with Gasteiger partial charge in [0.15, 0.2) is 0 Å². The van der Waals surface area contributed by atoms with Gasteiger partial charge in [-0.1, -0.05) is 30.3 Å². The molecule has 1 atom stereocenters. The summed E-state index contributed by atoms with van der Waals surface area (Å²) >= 11 is 0. The predicted molar refractivity (Wildman–Crippen MR) is 90.6 cm³/mol. The monoisotopic (exact) mass is 289 g/mol. The summed E-state index contributed by atoms with van der Waals surface area (Å²) in [5, 5.41) is 3.69. The minimum Gasteiger partial charge on any atom is -0.310 e. The van der Waals surface area contributed by atoms with Gasteiger partial charge in [0, 0.05) is 37.8 Å². The Bertz CT molecular complexity index is 410. The van der Waals surface area contributed by atoms with Crippen molar-refractivity contribution in [3.8, 4) is 0 Å². The largest absolute Gasteiger partial charge is 0.310 e. The van der Waals surface area contributed by atoms with Crippen LogP contribution in [0.25, 0.3) is 0 Å². The van der Waals surface area contributed by atoms with Gasteiger partial charge in [-0.25, -0.2) is 0 Å². The molecule has 1 unspecified atom stereocenters. The first-order chi connectivity index (χ1) is 9.96. The number of hydrogen-bond donors (Lipinski definition) is 1. The zero-order valence-electron chi connectivity index (χ0n) is 14.1. The molecule has 118 valence electrons. The molecule has 1 aromatic rings. The van der Waals surface area contributed by atoms with E-state index in [9.17, 15) is 0 Å². The highest BCUT2D eigenvalue weighted by atomic mass is 15.2. The number of rotatable bonds is 4. The molecule has 1 aromatic carbocycles. The van der Waals surface area contributed by atoms with Crippen LogP contribution in [0.15, 0.2) is 30.3 Å². The summed E-state index contributed by atoms with van der Waals surface area (Å²) in [5.41, 5.74) is 1.59. The van der Waals surface area contributed by atoms with Crippen LogP contribution in [0.2, 0.25) is 0 Å². The molecule has 2 rings (SSSR count). The van der Waals surface area contributed by atoms with Crippen molar-refractivity contribution in [2.45, 2.75) is 38.8 Å². The van der Waals surface area contributed by atoms with E-state index >= 15 is 0 Å². The summed E-state index contributed by atoms with van der Waals surface area (Å²) in [5.74, 6) is 0. The summed E-state index contributed by atoms with van der Waals surface area (Å²) in [6.45, 7) is 12.5. The van der Waals surface area contributed by atoms with E-state index in [1.54, 1.807) is 0 Å². The Labute approximate surface area is 130 Å². The second kappa shape index (κ2) is 7.39. The Kier molecular flexibility index (Phi) is 5.80. The molecule has 3 nitrogen and oxygen atoms in total. The van der Waals surface area contributed by atoms with Crippen molar-refractivity contribution in [1.82, 2.24) is 15.1 Å². The fourth-order valence-electron chi connectivity index (χ4n) is 2.91. The van der Waals surface area contributed by atoms with Gasteiger partial charge in [0.05, 0.1) is 0 Å². The molecule has 0 amide bonds. The van der Waals surface area contributed by atoms with E-state index in [-0.39, 0.29) is 5.54 Å². The van der Waals surface area contributed by atoms with E-state index < -0.39 is 0 Å². The minimum absolute atomic E-state index is 0.162. The molecule has 0 bridgehead atoms. The van der Waals surface area contributed by atoms with Crippen molar-refractivity contribution in [3.63, 3.8) is 0 Å². The molecule has 0 aromatic heterocycles. The number of nitrogens with one attached hydrogen (secondary N) is 1. The van der Waals surface area contributed by atoms with E-state index in [1.807, 2.05) is 0 Å². The first-order valence-electron chi connectivity index (χ1n) is 8.18. The van der Waals surface area contributed by atoms with Crippen LogP contribution in [-0.4, -0.2) is 55.1 Å². The molecule has 0 radical (unpaired) electrons. The number of nitrogens with zero attached hydrogens (tertiary/aromatic N) is 2. The summed E-state index contributed by atoms with van der Waals surface area (Å²) < 4.78 is 0. The maximum absolute atomic E-state index is 3.69. The highest BCUT2D eigenvalue weighted by Gasteiger charge is 2.23. The molecule has 0 aliphatic carbocycles. The molecule has 1 fully saturated rings. The molecule has 1 N–H and O–H groups in total. The average molecular weight is 289 g/mol. The third-order valence-corrected chi connectivity index (χ3v) is 4.20. The number of hydrogen-bond acceptors (Lipinski definition) is 3. The molecule has 1 aliphatic heterocycles. The van der Waals surface area contributed by atoms with Gasteiger partial charge >= 0.3 is 0 Å². The van der Waals surface area contributed by atoms with E-state index in [4.69, 9.17) is 0 Å². The van der Waals surface area contributed by atoms with Gasteiger partial charge in [-0.3, -0.25) is 4.90 Å². The maximum atomic E-state index is 3.69. The van der Waals surface area contributed by atoms with Crippen LogP contribution in [0.4, 0.5) is 0 Å². The lowest BCUT2D eigenvalue weighted by atomic mass is 10.0. The Morgan fingerprint density at radius 2 is 1.76 bits per heavy atom. The van der Waals surface area contributed by atoms with Gasteiger partial charge in [0.1, 0.15) is 0 Å². The first kappa shape index (κ1) is 16.5. The molecule has 1 heterocycles. The highest BCUT2D eigenvalue weighted by molar-refractivity contribution is 5.19. The summed E-state index contributed by atoms with van der Waals surface area (Å²) in [4.78, 5) is 5.09. The Morgan fingerprint density at radius 1 is 1.05 bits per heavy atom.